The fourth-order valence-corrected chi connectivity index (χ4v) is 4.20. The number of fused-ring (bicyclic) bond motifs is 2. The van der Waals surface area contributed by atoms with Crippen molar-refractivity contribution in [3.8, 4) is 5.75 Å². The second-order valence-electron chi connectivity index (χ2n) is 9.08. The first-order valence-electron chi connectivity index (χ1n) is 12.3. The van der Waals surface area contributed by atoms with Gasteiger partial charge in [0, 0.05) is 19.0 Å². The van der Waals surface area contributed by atoms with Gasteiger partial charge in [0.05, 0.1) is 13.2 Å². The lowest BCUT2D eigenvalue weighted by molar-refractivity contribution is -0.133. The van der Waals surface area contributed by atoms with Gasteiger partial charge in [-0.05, 0) is 47.9 Å². The molecule has 0 fully saturated rings. The number of likely N-dealkylation sites (N-methyl/N-ethyl adjacent to an activating group) is 1. The summed E-state index contributed by atoms with van der Waals surface area (Å²) in [5.74, 6) is -0.497. The predicted octanol–water partition coefficient (Wildman–Crippen LogP) is 2.18. The van der Waals surface area contributed by atoms with Crippen molar-refractivity contribution in [2.75, 3.05) is 14.2 Å². The van der Waals surface area contributed by atoms with E-state index in [4.69, 9.17) is 4.74 Å². The molecule has 4 atom stereocenters. The van der Waals surface area contributed by atoms with Crippen molar-refractivity contribution >= 4 is 23.8 Å². The third-order valence-electron chi connectivity index (χ3n) is 6.60. The molecule has 3 rings (SSSR count). The van der Waals surface area contributed by atoms with E-state index in [0.717, 1.165) is 16.7 Å². The predicted molar refractivity (Wildman–Crippen MR) is 140 cm³/mol. The highest BCUT2D eigenvalue weighted by molar-refractivity contribution is 5.94. The third kappa shape index (κ3) is 6.95. The fourth-order valence-electron chi connectivity index (χ4n) is 4.20. The minimum atomic E-state index is -0.815. The summed E-state index contributed by atoms with van der Waals surface area (Å²) in [7, 11) is 3.30. The molecule has 192 valence electrons. The summed E-state index contributed by atoms with van der Waals surface area (Å²) in [5.41, 5.74) is 2.60. The monoisotopic (exact) mass is 492 g/mol. The standard InChI is InChI=1S/C28H36N4O4/c1-5-18(2)25-28(35)31-23(16-19-9-7-6-8-10-19)26(33)30-14-13-20-11-12-24(36-4)21(15-20)17-22(29-3)27(34)32-25/h6-15,18,22-23,25,29H,5,16-17H2,1-4H3,(H,30,33)(H,31,35)(H,32,34). The zero-order valence-electron chi connectivity index (χ0n) is 21.3. The van der Waals surface area contributed by atoms with Gasteiger partial charge in [-0.3, -0.25) is 14.4 Å². The maximum Gasteiger partial charge on any atom is 0.246 e. The number of carbonyl (C=O) groups is 3. The first-order valence-corrected chi connectivity index (χ1v) is 12.3. The summed E-state index contributed by atoms with van der Waals surface area (Å²) in [4.78, 5) is 39.9. The van der Waals surface area contributed by atoms with E-state index in [1.54, 1.807) is 26.4 Å². The van der Waals surface area contributed by atoms with Crippen molar-refractivity contribution in [2.24, 2.45) is 5.92 Å². The Hall–Kier alpha value is -3.65. The summed E-state index contributed by atoms with van der Waals surface area (Å²) in [6.45, 7) is 3.87. The number of ether oxygens (including phenoxy) is 1. The highest BCUT2D eigenvalue weighted by atomic mass is 16.5. The molecule has 1 aliphatic rings. The smallest absolute Gasteiger partial charge is 0.246 e. The molecule has 3 amide bonds. The van der Waals surface area contributed by atoms with Crippen molar-refractivity contribution in [2.45, 2.75) is 51.2 Å². The van der Waals surface area contributed by atoms with Crippen LogP contribution in [0, 0.1) is 5.92 Å². The van der Waals surface area contributed by atoms with Crippen molar-refractivity contribution in [1.82, 2.24) is 21.3 Å². The highest BCUT2D eigenvalue weighted by Crippen LogP contribution is 2.23. The average molecular weight is 493 g/mol. The van der Waals surface area contributed by atoms with Crippen LogP contribution in [0.5, 0.6) is 5.75 Å². The second-order valence-corrected chi connectivity index (χ2v) is 9.08. The lowest BCUT2D eigenvalue weighted by atomic mass is 9.96. The number of hydrogen-bond acceptors (Lipinski definition) is 5. The van der Waals surface area contributed by atoms with Gasteiger partial charge in [-0.15, -0.1) is 0 Å². The summed E-state index contributed by atoms with van der Waals surface area (Å²) < 4.78 is 5.51. The summed E-state index contributed by atoms with van der Waals surface area (Å²) in [6.07, 6.45) is 4.71. The first kappa shape index (κ1) is 26.9. The van der Waals surface area contributed by atoms with Gasteiger partial charge in [0.15, 0.2) is 0 Å². The number of nitrogens with one attached hydrogen (secondary N) is 4. The fraction of sp³-hybridized carbons (Fsp3) is 0.393. The Bertz CT molecular complexity index is 1090. The van der Waals surface area contributed by atoms with Crippen LogP contribution in [0.1, 0.15) is 37.0 Å². The minimum absolute atomic E-state index is 0.139. The molecule has 0 saturated carbocycles. The zero-order valence-corrected chi connectivity index (χ0v) is 21.3. The van der Waals surface area contributed by atoms with E-state index in [-0.39, 0.29) is 23.6 Å². The normalized spacial score (nSPS) is 21.9. The Morgan fingerprint density at radius 3 is 2.44 bits per heavy atom. The molecule has 0 aromatic heterocycles. The molecule has 4 N–H and O–H groups in total. The van der Waals surface area contributed by atoms with Crippen LogP contribution in [-0.4, -0.2) is 50.0 Å². The van der Waals surface area contributed by atoms with Gasteiger partial charge in [0.25, 0.3) is 0 Å². The third-order valence-corrected chi connectivity index (χ3v) is 6.60. The van der Waals surface area contributed by atoms with E-state index >= 15 is 0 Å². The Morgan fingerprint density at radius 2 is 1.78 bits per heavy atom. The number of methoxy groups -OCH3 is 1. The Kier molecular flexibility index (Phi) is 9.64. The molecule has 0 radical (unpaired) electrons. The molecule has 36 heavy (non-hydrogen) atoms. The summed E-state index contributed by atoms with van der Waals surface area (Å²) in [6, 6.07) is 13.0. The molecule has 0 saturated heterocycles. The number of rotatable bonds is 6. The van der Waals surface area contributed by atoms with Crippen molar-refractivity contribution < 1.29 is 19.1 Å². The topological polar surface area (TPSA) is 109 Å². The zero-order chi connectivity index (χ0) is 26.1. The molecule has 4 unspecified atom stereocenters. The average Bonchev–Trinajstić information content (AvgIpc) is 2.89. The molecule has 0 aliphatic carbocycles. The minimum Gasteiger partial charge on any atom is -0.496 e. The molecule has 2 bridgehead atoms. The molecular formula is C28H36N4O4. The number of hydrogen-bond donors (Lipinski definition) is 4. The van der Waals surface area contributed by atoms with E-state index in [0.29, 0.717) is 25.0 Å². The van der Waals surface area contributed by atoms with Gasteiger partial charge >= 0.3 is 0 Å². The Balaban J connectivity index is 2.00. The van der Waals surface area contributed by atoms with E-state index in [2.05, 4.69) is 21.3 Å². The van der Waals surface area contributed by atoms with Gasteiger partial charge in [-0.1, -0.05) is 56.7 Å². The van der Waals surface area contributed by atoms with Crippen LogP contribution in [0.15, 0.2) is 54.7 Å². The van der Waals surface area contributed by atoms with E-state index < -0.39 is 18.1 Å². The quantitative estimate of drug-likeness (QED) is 0.494. The molecule has 8 heteroatoms. The summed E-state index contributed by atoms with van der Waals surface area (Å²) >= 11 is 0. The molecule has 0 spiro atoms. The molecule has 2 aromatic carbocycles. The van der Waals surface area contributed by atoms with Crippen LogP contribution >= 0.6 is 0 Å². The maximum absolute atomic E-state index is 13.4. The van der Waals surface area contributed by atoms with Gasteiger partial charge in [0.2, 0.25) is 17.7 Å². The molecule has 8 nitrogen and oxygen atoms in total. The van der Waals surface area contributed by atoms with E-state index in [1.165, 1.54) is 0 Å². The van der Waals surface area contributed by atoms with Crippen LogP contribution in [0.3, 0.4) is 0 Å². The summed E-state index contributed by atoms with van der Waals surface area (Å²) in [5, 5.41) is 11.7. The molecule has 1 aliphatic heterocycles. The lowest BCUT2D eigenvalue weighted by Crippen LogP contribution is -2.58. The Morgan fingerprint density at radius 1 is 1.03 bits per heavy atom. The molecule has 1 heterocycles. The van der Waals surface area contributed by atoms with Crippen LogP contribution in [-0.2, 0) is 27.2 Å². The van der Waals surface area contributed by atoms with Gasteiger partial charge < -0.3 is 26.0 Å². The van der Waals surface area contributed by atoms with Crippen LogP contribution in [0.2, 0.25) is 0 Å². The van der Waals surface area contributed by atoms with Crippen molar-refractivity contribution in [3.63, 3.8) is 0 Å². The van der Waals surface area contributed by atoms with E-state index in [1.807, 2.05) is 62.4 Å². The van der Waals surface area contributed by atoms with Crippen molar-refractivity contribution in [1.29, 1.82) is 0 Å². The van der Waals surface area contributed by atoms with Crippen LogP contribution in [0.25, 0.3) is 6.08 Å². The molecule has 2 aromatic rings. The highest BCUT2D eigenvalue weighted by Gasteiger charge is 2.32. The first-order chi connectivity index (χ1) is 17.4. The van der Waals surface area contributed by atoms with Gasteiger partial charge in [-0.25, -0.2) is 0 Å². The number of benzene rings is 2. The Labute approximate surface area is 212 Å². The van der Waals surface area contributed by atoms with Crippen molar-refractivity contribution in [3.05, 3.63) is 71.4 Å². The maximum atomic E-state index is 13.4. The SMILES string of the molecule is CCC(C)C1NC(=O)C(NC)Cc2cc(ccc2OC)C=CNC(=O)C(Cc2ccccc2)NC1=O. The number of amides is 3. The lowest BCUT2D eigenvalue weighted by Gasteiger charge is -2.28. The number of carbonyl (C=O) groups excluding carboxylic acids is 3. The van der Waals surface area contributed by atoms with Crippen LogP contribution in [0.4, 0.5) is 0 Å². The largest absolute Gasteiger partial charge is 0.496 e. The second kappa shape index (κ2) is 12.9. The van der Waals surface area contributed by atoms with Gasteiger partial charge in [0.1, 0.15) is 17.8 Å². The van der Waals surface area contributed by atoms with Crippen LogP contribution < -0.4 is 26.0 Å². The van der Waals surface area contributed by atoms with E-state index in [9.17, 15) is 14.4 Å². The van der Waals surface area contributed by atoms with Gasteiger partial charge in [-0.2, -0.15) is 0 Å². The molecular weight excluding hydrogens is 456 g/mol.